The lowest BCUT2D eigenvalue weighted by molar-refractivity contribution is 0.0642. The number of nitrogens with zero attached hydrogens (tertiary/aromatic N) is 5. The predicted octanol–water partition coefficient (Wildman–Crippen LogP) is 3.13. The number of carbonyl (C=O) groups excluding carboxylic acids is 1. The Bertz CT molecular complexity index is 909. The molecule has 1 aromatic heterocycles. The van der Waals surface area contributed by atoms with Crippen molar-refractivity contribution in [2.75, 3.05) is 44.2 Å². The van der Waals surface area contributed by atoms with E-state index in [-0.39, 0.29) is 16.5 Å². The fourth-order valence-electron chi connectivity index (χ4n) is 3.31. The van der Waals surface area contributed by atoms with Crippen molar-refractivity contribution in [3.8, 4) is 0 Å². The minimum absolute atomic E-state index is 0.0280. The molecule has 2 aliphatic rings. The normalized spacial score (nSPS) is 17.7. The molecule has 3 heterocycles. The number of piperazine rings is 1. The molecule has 1 fully saturated rings. The molecule has 0 aliphatic carbocycles. The van der Waals surface area contributed by atoms with Gasteiger partial charge in [-0.05, 0) is 12.1 Å². The summed E-state index contributed by atoms with van der Waals surface area (Å²) in [6, 6.07) is 4.52. The highest BCUT2D eigenvalue weighted by atomic mass is 35.5. The molecular weight excluding hydrogens is 401 g/mol. The van der Waals surface area contributed by atoms with Crippen LogP contribution >= 0.6 is 22.9 Å². The van der Waals surface area contributed by atoms with Gasteiger partial charge < -0.3 is 9.80 Å². The summed E-state index contributed by atoms with van der Waals surface area (Å²) < 4.78 is 14.1. The third kappa shape index (κ3) is 3.94. The largest absolute Gasteiger partial charge is 0.336 e. The van der Waals surface area contributed by atoms with Crippen LogP contribution in [0, 0.1) is 5.82 Å². The lowest BCUT2D eigenvalue weighted by Crippen LogP contribution is -2.50. The maximum atomic E-state index is 14.1. The molecule has 2 aliphatic heterocycles. The molecular formula is C19H19ClFN5OS. The van der Waals surface area contributed by atoms with Crippen molar-refractivity contribution in [1.29, 1.82) is 0 Å². The average Bonchev–Trinajstić information content (AvgIpc) is 3.25. The van der Waals surface area contributed by atoms with Gasteiger partial charge in [-0.2, -0.15) is 0 Å². The molecule has 146 valence electrons. The number of amides is 1. The topological polar surface area (TPSA) is 52.0 Å². The zero-order chi connectivity index (χ0) is 19.5. The third-order valence-corrected chi connectivity index (χ3v) is 5.90. The highest BCUT2D eigenvalue weighted by molar-refractivity contribution is 7.13. The van der Waals surface area contributed by atoms with Crippen molar-refractivity contribution in [2.45, 2.75) is 0 Å². The molecule has 1 amide bonds. The molecule has 1 aromatic carbocycles. The van der Waals surface area contributed by atoms with Gasteiger partial charge in [0, 0.05) is 56.7 Å². The maximum absolute atomic E-state index is 14.1. The number of aromatic nitrogens is 1. The van der Waals surface area contributed by atoms with Crippen molar-refractivity contribution in [1.82, 2.24) is 14.8 Å². The van der Waals surface area contributed by atoms with Gasteiger partial charge in [-0.3, -0.25) is 14.7 Å². The first-order valence-corrected chi connectivity index (χ1v) is 10.2. The van der Waals surface area contributed by atoms with E-state index in [1.807, 2.05) is 17.8 Å². The van der Waals surface area contributed by atoms with Crippen LogP contribution in [0.4, 0.5) is 9.52 Å². The summed E-state index contributed by atoms with van der Waals surface area (Å²) in [7, 11) is 0. The molecule has 0 N–H and O–H groups in total. The number of anilines is 1. The van der Waals surface area contributed by atoms with E-state index >= 15 is 0 Å². The Morgan fingerprint density at radius 3 is 2.82 bits per heavy atom. The summed E-state index contributed by atoms with van der Waals surface area (Å²) >= 11 is 7.40. The van der Waals surface area contributed by atoms with Crippen LogP contribution in [0.5, 0.6) is 0 Å². The van der Waals surface area contributed by atoms with Gasteiger partial charge >= 0.3 is 0 Å². The highest BCUT2D eigenvalue weighted by Crippen LogP contribution is 2.24. The van der Waals surface area contributed by atoms with Crippen LogP contribution < -0.4 is 4.90 Å². The second-order valence-corrected chi connectivity index (χ2v) is 7.83. The van der Waals surface area contributed by atoms with E-state index in [9.17, 15) is 9.18 Å². The number of aliphatic imine (C=N–C) groups is 1. The van der Waals surface area contributed by atoms with E-state index in [2.05, 4.69) is 19.8 Å². The molecule has 28 heavy (non-hydrogen) atoms. The van der Waals surface area contributed by atoms with Crippen LogP contribution in [0.1, 0.15) is 10.4 Å². The Hall–Kier alpha value is -2.29. The minimum Gasteiger partial charge on any atom is -0.336 e. The molecule has 0 saturated carbocycles. The van der Waals surface area contributed by atoms with E-state index in [0.717, 1.165) is 17.4 Å². The molecule has 9 heteroatoms. The monoisotopic (exact) mass is 419 g/mol. The van der Waals surface area contributed by atoms with Gasteiger partial charge in [0.15, 0.2) is 10.9 Å². The van der Waals surface area contributed by atoms with E-state index in [1.54, 1.807) is 28.5 Å². The predicted molar refractivity (Wildman–Crippen MR) is 110 cm³/mol. The quantitative estimate of drug-likeness (QED) is 0.764. The summed E-state index contributed by atoms with van der Waals surface area (Å²) in [4.78, 5) is 27.4. The zero-order valence-electron chi connectivity index (χ0n) is 15.1. The number of hydrogen-bond acceptors (Lipinski definition) is 6. The maximum Gasteiger partial charge on any atom is 0.256 e. The summed E-state index contributed by atoms with van der Waals surface area (Å²) in [5, 5.41) is 2.87. The number of thiazole rings is 1. The van der Waals surface area contributed by atoms with Crippen molar-refractivity contribution in [3.05, 3.63) is 58.1 Å². The molecule has 0 atom stereocenters. The second-order valence-electron chi connectivity index (χ2n) is 6.55. The summed E-state index contributed by atoms with van der Waals surface area (Å²) in [6.07, 6.45) is 5.52. The van der Waals surface area contributed by atoms with Crippen LogP contribution in [0.15, 0.2) is 46.7 Å². The van der Waals surface area contributed by atoms with Crippen LogP contribution in [-0.2, 0) is 0 Å². The van der Waals surface area contributed by atoms with Crippen molar-refractivity contribution < 1.29 is 9.18 Å². The molecule has 1 saturated heterocycles. The number of rotatable bonds is 4. The second kappa shape index (κ2) is 8.38. The van der Waals surface area contributed by atoms with Crippen molar-refractivity contribution >= 4 is 40.2 Å². The van der Waals surface area contributed by atoms with Crippen LogP contribution in [0.2, 0.25) is 5.02 Å². The number of carbonyl (C=O) groups is 1. The number of benzene rings is 1. The van der Waals surface area contributed by atoms with E-state index in [1.165, 1.54) is 12.1 Å². The lowest BCUT2D eigenvalue weighted by atomic mass is 10.1. The molecule has 0 radical (unpaired) electrons. The Morgan fingerprint density at radius 1 is 1.25 bits per heavy atom. The standard InChI is InChI=1S/C19H19ClFN5OS/c20-16-3-1-2-15(17(16)21)18(27)25-9-7-24(8-10-25)13-14-12-22-4-6-26(14)19-23-5-11-28-19/h1-5,11-12H,6-10,13H2. The molecule has 2 aromatic rings. The first-order valence-electron chi connectivity index (χ1n) is 8.97. The summed E-state index contributed by atoms with van der Waals surface area (Å²) in [5.74, 6) is -0.966. The zero-order valence-corrected chi connectivity index (χ0v) is 16.7. The smallest absolute Gasteiger partial charge is 0.256 e. The number of hydrogen-bond donors (Lipinski definition) is 0. The Morgan fingerprint density at radius 2 is 2.07 bits per heavy atom. The van der Waals surface area contributed by atoms with Gasteiger partial charge in [0.05, 0.1) is 22.8 Å². The Labute approximate surface area is 171 Å². The lowest BCUT2D eigenvalue weighted by Gasteiger charge is -2.37. The van der Waals surface area contributed by atoms with Crippen molar-refractivity contribution in [2.24, 2.45) is 4.99 Å². The number of halogens is 2. The Balaban J connectivity index is 1.38. The van der Waals surface area contributed by atoms with Gasteiger partial charge in [-0.1, -0.05) is 17.7 Å². The molecule has 0 spiro atoms. The third-order valence-electron chi connectivity index (χ3n) is 4.82. The molecule has 4 rings (SSSR count). The fraction of sp³-hybridized carbons (Fsp3) is 0.316. The fourth-order valence-corrected chi connectivity index (χ4v) is 4.17. The SMILES string of the molecule is O=C(c1cccc(Cl)c1F)N1CCN(CC2=CN=CCN2c2nccs2)CC1. The van der Waals surface area contributed by atoms with Gasteiger partial charge in [-0.25, -0.2) is 9.37 Å². The van der Waals surface area contributed by atoms with Gasteiger partial charge in [0.1, 0.15) is 0 Å². The minimum atomic E-state index is -0.652. The van der Waals surface area contributed by atoms with Crippen LogP contribution in [0.25, 0.3) is 0 Å². The molecule has 0 unspecified atom stereocenters. The first kappa shape index (κ1) is 19.0. The van der Waals surface area contributed by atoms with Crippen LogP contribution in [0.3, 0.4) is 0 Å². The van der Waals surface area contributed by atoms with E-state index in [4.69, 9.17) is 11.6 Å². The highest BCUT2D eigenvalue weighted by Gasteiger charge is 2.26. The summed E-state index contributed by atoms with van der Waals surface area (Å²) in [5.41, 5.74) is 1.11. The van der Waals surface area contributed by atoms with Gasteiger partial charge in [0.25, 0.3) is 5.91 Å². The van der Waals surface area contributed by atoms with E-state index in [0.29, 0.717) is 32.7 Å². The van der Waals surface area contributed by atoms with E-state index < -0.39 is 5.82 Å². The van der Waals surface area contributed by atoms with Gasteiger partial charge in [0.2, 0.25) is 0 Å². The summed E-state index contributed by atoms with van der Waals surface area (Å²) in [6.45, 7) is 3.93. The van der Waals surface area contributed by atoms with Crippen molar-refractivity contribution in [3.63, 3.8) is 0 Å². The molecule has 0 bridgehead atoms. The van der Waals surface area contributed by atoms with Gasteiger partial charge in [-0.15, -0.1) is 11.3 Å². The molecule has 6 nitrogen and oxygen atoms in total. The van der Waals surface area contributed by atoms with Crippen LogP contribution in [-0.4, -0.2) is 66.2 Å². The first-order chi connectivity index (χ1) is 13.6. The Kier molecular flexibility index (Phi) is 5.70. The average molecular weight is 420 g/mol.